The van der Waals surface area contributed by atoms with Crippen molar-refractivity contribution < 1.29 is 13.7 Å². The van der Waals surface area contributed by atoms with Gasteiger partial charge >= 0.3 is 0 Å². The summed E-state index contributed by atoms with van der Waals surface area (Å²) in [7, 11) is 0. The zero-order valence-electron chi connectivity index (χ0n) is 12.1. The molecule has 2 aromatic heterocycles. The van der Waals surface area contributed by atoms with Gasteiger partial charge in [-0.1, -0.05) is 5.16 Å². The lowest BCUT2D eigenvalue weighted by molar-refractivity contribution is 0.0162. The lowest BCUT2D eigenvalue weighted by Crippen LogP contribution is -2.43. The molecule has 2 aliphatic heterocycles. The average molecular weight is 305 g/mol. The van der Waals surface area contributed by atoms with E-state index in [9.17, 15) is 4.39 Å². The molecular weight excluding hydrogens is 289 g/mol. The summed E-state index contributed by atoms with van der Waals surface area (Å²) in [6, 6.07) is 0. The molecule has 2 saturated heterocycles. The van der Waals surface area contributed by atoms with Crippen molar-refractivity contribution >= 4 is 5.95 Å². The largest absolute Gasteiger partial charge is 0.363 e. The summed E-state index contributed by atoms with van der Waals surface area (Å²) in [6.07, 6.45) is 4.20. The number of ether oxygens (including phenoxy) is 1. The Balaban J connectivity index is 1.46. The molecule has 116 valence electrons. The number of aryl methyl sites for hydroxylation is 1. The highest BCUT2D eigenvalue weighted by Crippen LogP contribution is 2.40. The van der Waals surface area contributed by atoms with Gasteiger partial charge in [-0.3, -0.25) is 0 Å². The third kappa shape index (κ3) is 2.43. The molecule has 2 aromatic rings. The Bertz CT molecular complexity index is 662. The highest BCUT2D eigenvalue weighted by atomic mass is 19.1. The molecule has 8 heteroatoms. The number of nitrogens with zero attached hydrogens (tertiary/aromatic N) is 5. The van der Waals surface area contributed by atoms with E-state index in [1.165, 1.54) is 12.4 Å². The molecule has 4 heterocycles. The summed E-state index contributed by atoms with van der Waals surface area (Å²) in [4.78, 5) is 14.4. The molecule has 0 amide bonds. The van der Waals surface area contributed by atoms with Crippen molar-refractivity contribution in [1.29, 1.82) is 0 Å². The minimum absolute atomic E-state index is 0.0830. The van der Waals surface area contributed by atoms with Crippen molar-refractivity contribution in [2.24, 2.45) is 5.92 Å². The molecule has 0 bridgehead atoms. The maximum absolute atomic E-state index is 12.9. The quantitative estimate of drug-likeness (QED) is 0.835. The molecule has 3 atom stereocenters. The molecule has 0 unspecified atom stereocenters. The van der Waals surface area contributed by atoms with Gasteiger partial charge in [0.2, 0.25) is 5.95 Å². The molecule has 2 aliphatic rings. The zero-order valence-corrected chi connectivity index (χ0v) is 12.1. The first kappa shape index (κ1) is 13.6. The molecule has 7 nitrogen and oxygen atoms in total. The molecule has 0 saturated carbocycles. The summed E-state index contributed by atoms with van der Waals surface area (Å²) in [5, 5.41) is 3.82. The van der Waals surface area contributed by atoms with Gasteiger partial charge in [0.15, 0.2) is 11.6 Å². The summed E-state index contributed by atoms with van der Waals surface area (Å²) in [5.74, 6) is 1.75. The topological polar surface area (TPSA) is 77.2 Å². The molecule has 0 N–H and O–H groups in total. The Morgan fingerprint density at radius 2 is 2.14 bits per heavy atom. The highest BCUT2D eigenvalue weighted by Gasteiger charge is 2.42. The van der Waals surface area contributed by atoms with E-state index in [0.717, 1.165) is 19.4 Å². The minimum Gasteiger partial charge on any atom is -0.363 e. The maximum atomic E-state index is 12.9. The molecule has 0 aromatic carbocycles. The zero-order chi connectivity index (χ0) is 15.1. The number of hydrogen-bond acceptors (Lipinski definition) is 7. The highest BCUT2D eigenvalue weighted by molar-refractivity contribution is 5.30. The first-order valence-corrected chi connectivity index (χ1v) is 7.37. The molecule has 2 fully saturated rings. The second-order valence-corrected chi connectivity index (χ2v) is 5.77. The fourth-order valence-electron chi connectivity index (χ4n) is 3.18. The Kier molecular flexibility index (Phi) is 3.25. The summed E-state index contributed by atoms with van der Waals surface area (Å²) >= 11 is 0. The number of fused-ring (bicyclic) bond motifs is 1. The Morgan fingerprint density at radius 3 is 2.86 bits per heavy atom. The van der Waals surface area contributed by atoms with Gasteiger partial charge in [0.05, 0.1) is 18.5 Å². The van der Waals surface area contributed by atoms with Crippen LogP contribution in [0.5, 0.6) is 0 Å². The van der Waals surface area contributed by atoms with E-state index >= 15 is 0 Å². The van der Waals surface area contributed by atoms with Gasteiger partial charge in [-0.05, 0) is 25.7 Å². The number of rotatable bonds is 2. The number of piperidine rings is 1. The summed E-state index contributed by atoms with van der Waals surface area (Å²) in [6.45, 7) is 3.33. The minimum atomic E-state index is -0.428. The fraction of sp³-hybridized carbons (Fsp3) is 0.571. The van der Waals surface area contributed by atoms with Crippen LogP contribution in [0.15, 0.2) is 16.9 Å². The van der Waals surface area contributed by atoms with E-state index in [1.54, 1.807) is 6.92 Å². The SMILES string of the molecule is Cc1noc([C@@H]2C[C@@H]3CCN(c4ncc(F)cn4)C[C@H]3O2)n1. The second kappa shape index (κ2) is 5.28. The van der Waals surface area contributed by atoms with E-state index in [2.05, 4.69) is 20.1 Å². The average Bonchev–Trinajstić information content (AvgIpc) is 3.13. The van der Waals surface area contributed by atoms with Crippen molar-refractivity contribution in [3.8, 4) is 0 Å². The number of anilines is 1. The van der Waals surface area contributed by atoms with Gasteiger partial charge in [-0.2, -0.15) is 4.98 Å². The third-order valence-electron chi connectivity index (χ3n) is 4.26. The van der Waals surface area contributed by atoms with Crippen molar-refractivity contribution in [2.75, 3.05) is 18.0 Å². The van der Waals surface area contributed by atoms with Gasteiger partial charge in [0.25, 0.3) is 5.89 Å². The van der Waals surface area contributed by atoms with E-state index < -0.39 is 5.82 Å². The number of aromatic nitrogens is 4. The van der Waals surface area contributed by atoms with E-state index in [1.807, 2.05) is 4.90 Å². The van der Waals surface area contributed by atoms with Gasteiger partial charge in [-0.25, -0.2) is 14.4 Å². The summed E-state index contributed by atoms with van der Waals surface area (Å²) < 4.78 is 24.2. The molecular formula is C14H16FN5O2. The third-order valence-corrected chi connectivity index (χ3v) is 4.26. The summed E-state index contributed by atoms with van der Waals surface area (Å²) in [5.41, 5.74) is 0. The normalized spacial score (nSPS) is 27.9. The van der Waals surface area contributed by atoms with Crippen molar-refractivity contribution in [3.05, 3.63) is 29.9 Å². The van der Waals surface area contributed by atoms with E-state index in [0.29, 0.717) is 30.1 Å². The maximum Gasteiger partial charge on any atom is 0.255 e. The number of halogens is 1. The van der Waals surface area contributed by atoms with Crippen LogP contribution in [0, 0.1) is 18.7 Å². The van der Waals surface area contributed by atoms with Crippen LogP contribution < -0.4 is 4.90 Å². The molecule has 0 radical (unpaired) electrons. The van der Waals surface area contributed by atoms with Crippen LogP contribution in [0.25, 0.3) is 0 Å². The molecule has 22 heavy (non-hydrogen) atoms. The Hall–Kier alpha value is -2.09. The van der Waals surface area contributed by atoms with E-state index in [-0.39, 0.29) is 12.2 Å². The van der Waals surface area contributed by atoms with Crippen LogP contribution >= 0.6 is 0 Å². The first-order chi connectivity index (χ1) is 10.7. The van der Waals surface area contributed by atoms with Gasteiger partial charge < -0.3 is 14.2 Å². The van der Waals surface area contributed by atoms with Crippen LogP contribution in [0.1, 0.15) is 30.7 Å². The monoisotopic (exact) mass is 305 g/mol. The van der Waals surface area contributed by atoms with E-state index in [4.69, 9.17) is 9.26 Å². The van der Waals surface area contributed by atoms with Crippen LogP contribution in [0.3, 0.4) is 0 Å². The van der Waals surface area contributed by atoms with Gasteiger partial charge in [0, 0.05) is 13.1 Å². The van der Waals surface area contributed by atoms with Crippen molar-refractivity contribution in [2.45, 2.75) is 32.0 Å². The van der Waals surface area contributed by atoms with Gasteiger partial charge in [0.1, 0.15) is 6.10 Å². The Morgan fingerprint density at radius 1 is 1.32 bits per heavy atom. The molecule has 4 rings (SSSR count). The smallest absolute Gasteiger partial charge is 0.255 e. The first-order valence-electron chi connectivity index (χ1n) is 7.37. The standard InChI is InChI=1S/C14H16FN5O2/c1-8-18-13(22-19-8)11-4-9-2-3-20(7-12(9)21-11)14-16-5-10(15)6-17-14/h5-6,9,11-12H,2-4,7H2,1H3/t9-,11-,12+/m0/s1. The van der Waals surface area contributed by atoms with Crippen LogP contribution in [-0.2, 0) is 4.74 Å². The Labute approximate surface area is 126 Å². The van der Waals surface area contributed by atoms with Crippen LogP contribution in [-0.4, -0.2) is 39.3 Å². The molecule has 0 spiro atoms. The van der Waals surface area contributed by atoms with Crippen LogP contribution in [0.2, 0.25) is 0 Å². The van der Waals surface area contributed by atoms with Gasteiger partial charge in [-0.15, -0.1) is 0 Å². The number of hydrogen-bond donors (Lipinski definition) is 0. The van der Waals surface area contributed by atoms with Crippen molar-refractivity contribution in [3.63, 3.8) is 0 Å². The van der Waals surface area contributed by atoms with Crippen molar-refractivity contribution in [1.82, 2.24) is 20.1 Å². The molecule has 0 aliphatic carbocycles. The predicted octanol–water partition coefficient (Wildman–Crippen LogP) is 1.66. The predicted molar refractivity (Wildman–Crippen MR) is 73.6 cm³/mol. The lowest BCUT2D eigenvalue weighted by atomic mass is 9.92. The second-order valence-electron chi connectivity index (χ2n) is 5.77. The fourth-order valence-corrected chi connectivity index (χ4v) is 3.18. The lowest BCUT2D eigenvalue weighted by Gasteiger charge is -2.33. The van der Waals surface area contributed by atoms with Crippen LogP contribution in [0.4, 0.5) is 10.3 Å².